The maximum atomic E-state index is 13.5. The molecule has 3 rings (SSSR count). The van der Waals surface area contributed by atoms with Crippen LogP contribution in [0.5, 0.6) is 0 Å². The summed E-state index contributed by atoms with van der Waals surface area (Å²) < 4.78 is 31.5. The normalized spacial score (nSPS) is 10.6. The van der Waals surface area contributed by atoms with E-state index in [0.717, 1.165) is 0 Å². The van der Waals surface area contributed by atoms with E-state index < -0.39 is 0 Å². The molecule has 3 aromatic rings. The highest BCUT2D eigenvalue weighted by Crippen LogP contribution is 2.16. The molecular formula is C18H15F2N3O2. The van der Waals surface area contributed by atoms with Crippen LogP contribution >= 0.6 is 0 Å². The standard InChI is InChI=1S/C18H15F2N3O2/c19-14-7-5-12(6-8-14)18-22-17(25-23-18)10-9-16(24)21-11-13-3-1-2-4-15(13)20/h1-8H,9-11H2,(H,21,24). The number of hydrogen-bond donors (Lipinski definition) is 1. The van der Waals surface area contributed by atoms with Gasteiger partial charge in [0.2, 0.25) is 17.6 Å². The van der Waals surface area contributed by atoms with Crippen molar-refractivity contribution < 1.29 is 18.1 Å². The number of aromatic nitrogens is 2. The Hall–Kier alpha value is -3.09. The average Bonchev–Trinajstić information content (AvgIpc) is 3.09. The van der Waals surface area contributed by atoms with Crippen LogP contribution in [-0.4, -0.2) is 16.0 Å². The van der Waals surface area contributed by atoms with E-state index in [-0.39, 0.29) is 36.9 Å². The van der Waals surface area contributed by atoms with Crippen molar-refractivity contribution in [3.63, 3.8) is 0 Å². The van der Waals surface area contributed by atoms with Crippen molar-refractivity contribution in [2.24, 2.45) is 0 Å². The molecule has 0 bridgehead atoms. The molecule has 0 aliphatic rings. The Kier molecular flexibility index (Phi) is 5.13. The Bertz CT molecular complexity index is 863. The number of hydrogen-bond acceptors (Lipinski definition) is 4. The first-order chi connectivity index (χ1) is 12.1. The molecule has 0 aliphatic carbocycles. The van der Waals surface area contributed by atoms with E-state index in [1.165, 1.54) is 18.2 Å². The van der Waals surface area contributed by atoms with Gasteiger partial charge in [0.1, 0.15) is 11.6 Å². The average molecular weight is 343 g/mol. The Morgan fingerprint density at radius 2 is 1.84 bits per heavy atom. The second-order valence-electron chi connectivity index (χ2n) is 5.39. The van der Waals surface area contributed by atoms with Crippen molar-refractivity contribution in [2.75, 3.05) is 0 Å². The van der Waals surface area contributed by atoms with Crippen LogP contribution in [0.1, 0.15) is 17.9 Å². The Labute approximate surface area is 142 Å². The molecule has 25 heavy (non-hydrogen) atoms. The SMILES string of the molecule is O=C(CCc1nc(-c2ccc(F)cc2)no1)NCc1ccccc1F. The highest BCUT2D eigenvalue weighted by atomic mass is 19.1. The lowest BCUT2D eigenvalue weighted by atomic mass is 10.2. The molecule has 5 nitrogen and oxygen atoms in total. The smallest absolute Gasteiger partial charge is 0.227 e. The molecule has 0 aliphatic heterocycles. The third-order valence-electron chi connectivity index (χ3n) is 3.57. The monoisotopic (exact) mass is 343 g/mol. The molecule has 2 aromatic carbocycles. The zero-order chi connectivity index (χ0) is 17.6. The fraction of sp³-hybridized carbons (Fsp3) is 0.167. The summed E-state index contributed by atoms with van der Waals surface area (Å²) in [5, 5.41) is 6.45. The molecule has 1 N–H and O–H groups in total. The van der Waals surface area contributed by atoms with Crippen LogP contribution in [0.3, 0.4) is 0 Å². The summed E-state index contributed by atoms with van der Waals surface area (Å²) in [7, 11) is 0. The van der Waals surface area contributed by atoms with Gasteiger partial charge in [0.15, 0.2) is 0 Å². The van der Waals surface area contributed by atoms with Crippen LogP contribution in [0.2, 0.25) is 0 Å². The minimum atomic E-state index is -0.358. The fourth-order valence-electron chi connectivity index (χ4n) is 2.22. The van der Waals surface area contributed by atoms with Gasteiger partial charge >= 0.3 is 0 Å². The predicted molar refractivity (Wildman–Crippen MR) is 86.3 cm³/mol. The van der Waals surface area contributed by atoms with Crippen molar-refractivity contribution in [2.45, 2.75) is 19.4 Å². The number of carbonyl (C=O) groups excluding carboxylic acids is 1. The van der Waals surface area contributed by atoms with Gasteiger partial charge in [-0.25, -0.2) is 8.78 Å². The predicted octanol–water partition coefficient (Wildman–Crippen LogP) is 3.26. The molecule has 128 valence electrons. The minimum absolute atomic E-state index is 0.121. The number of aryl methyl sites for hydroxylation is 1. The summed E-state index contributed by atoms with van der Waals surface area (Å²) in [6.07, 6.45) is 0.400. The van der Waals surface area contributed by atoms with Gasteiger partial charge in [-0.1, -0.05) is 23.4 Å². The Morgan fingerprint density at radius 1 is 1.08 bits per heavy atom. The van der Waals surface area contributed by atoms with Gasteiger partial charge in [-0.15, -0.1) is 0 Å². The quantitative estimate of drug-likeness (QED) is 0.746. The van der Waals surface area contributed by atoms with E-state index in [9.17, 15) is 13.6 Å². The Balaban J connectivity index is 1.51. The van der Waals surface area contributed by atoms with Crippen LogP contribution < -0.4 is 5.32 Å². The highest BCUT2D eigenvalue weighted by molar-refractivity contribution is 5.76. The highest BCUT2D eigenvalue weighted by Gasteiger charge is 2.11. The lowest BCUT2D eigenvalue weighted by molar-refractivity contribution is -0.121. The van der Waals surface area contributed by atoms with Crippen molar-refractivity contribution in [3.05, 3.63) is 71.6 Å². The number of nitrogens with one attached hydrogen (secondary N) is 1. The van der Waals surface area contributed by atoms with Gasteiger partial charge in [-0.2, -0.15) is 4.98 Å². The van der Waals surface area contributed by atoms with E-state index in [2.05, 4.69) is 15.5 Å². The van der Waals surface area contributed by atoms with Gasteiger partial charge in [-0.3, -0.25) is 4.79 Å². The molecule has 1 aromatic heterocycles. The first-order valence-corrected chi connectivity index (χ1v) is 7.70. The van der Waals surface area contributed by atoms with Crippen LogP contribution in [0.4, 0.5) is 8.78 Å². The van der Waals surface area contributed by atoms with Gasteiger partial charge < -0.3 is 9.84 Å². The van der Waals surface area contributed by atoms with Crippen LogP contribution in [-0.2, 0) is 17.8 Å². The van der Waals surface area contributed by atoms with Crippen molar-refractivity contribution in [3.8, 4) is 11.4 Å². The van der Waals surface area contributed by atoms with E-state index >= 15 is 0 Å². The first kappa shape index (κ1) is 16.8. The van der Waals surface area contributed by atoms with E-state index in [1.54, 1.807) is 30.3 Å². The van der Waals surface area contributed by atoms with E-state index in [4.69, 9.17) is 4.52 Å². The molecule has 0 saturated heterocycles. The Morgan fingerprint density at radius 3 is 2.60 bits per heavy atom. The molecular weight excluding hydrogens is 328 g/mol. The number of carbonyl (C=O) groups is 1. The summed E-state index contributed by atoms with van der Waals surface area (Å²) in [5.74, 6) is -0.311. The van der Waals surface area contributed by atoms with Crippen LogP contribution in [0.25, 0.3) is 11.4 Å². The molecule has 0 spiro atoms. The van der Waals surface area contributed by atoms with E-state index in [0.29, 0.717) is 22.8 Å². The lowest BCUT2D eigenvalue weighted by Gasteiger charge is -2.05. The first-order valence-electron chi connectivity index (χ1n) is 7.70. The minimum Gasteiger partial charge on any atom is -0.352 e. The molecule has 0 fully saturated rings. The van der Waals surface area contributed by atoms with Crippen molar-refractivity contribution >= 4 is 5.91 Å². The topological polar surface area (TPSA) is 68.0 Å². The van der Waals surface area contributed by atoms with Gasteiger partial charge in [0.05, 0.1) is 0 Å². The fourth-order valence-corrected chi connectivity index (χ4v) is 2.22. The van der Waals surface area contributed by atoms with E-state index in [1.807, 2.05) is 0 Å². The van der Waals surface area contributed by atoms with Gasteiger partial charge in [-0.05, 0) is 30.3 Å². The number of nitrogens with zero attached hydrogens (tertiary/aromatic N) is 2. The van der Waals surface area contributed by atoms with Gasteiger partial charge in [0, 0.05) is 30.5 Å². The molecule has 7 heteroatoms. The third kappa shape index (κ3) is 4.47. The molecule has 0 radical (unpaired) electrons. The number of amides is 1. The second kappa shape index (κ2) is 7.65. The van der Waals surface area contributed by atoms with Gasteiger partial charge in [0.25, 0.3) is 0 Å². The second-order valence-corrected chi connectivity index (χ2v) is 5.39. The number of benzene rings is 2. The van der Waals surface area contributed by atoms with Crippen molar-refractivity contribution in [1.82, 2.24) is 15.5 Å². The molecule has 0 atom stereocenters. The van der Waals surface area contributed by atoms with Crippen LogP contribution in [0.15, 0.2) is 53.1 Å². The molecule has 1 amide bonds. The largest absolute Gasteiger partial charge is 0.352 e. The maximum absolute atomic E-state index is 13.5. The third-order valence-corrected chi connectivity index (χ3v) is 3.57. The summed E-state index contributed by atoms with van der Waals surface area (Å²) in [5.41, 5.74) is 1.05. The van der Waals surface area contributed by atoms with Crippen molar-refractivity contribution in [1.29, 1.82) is 0 Å². The summed E-state index contributed by atoms with van der Waals surface area (Å²) >= 11 is 0. The summed E-state index contributed by atoms with van der Waals surface area (Å²) in [4.78, 5) is 16.0. The molecule has 0 unspecified atom stereocenters. The lowest BCUT2D eigenvalue weighted by Crippen LogP contribution is -2.23. The molecule has 0 saturated carbocycles. The number of rotatable bonds is 6. The molecule has 1 heterocycles. The maximum Gasteiger partial charge on any atom is 0.227 e. The summed E-state index contributed by atoms with van der Waals surface area (Å²) in [6, 6.07) is 12.0. The zero-order valence-electron chi connectivity index (χ0n) is 13.2. The zero-order valence-corrected chi connectivity index (χ0v) is 13.2. The summed E-state index contributed by atoms with van der Waals surface area (Å²) in [6.45, 7) is 0.121. The number of halogens is 2. The van der Waals surface area contributed by atoms with Crippen LogP contribution in [0, 0.1) is 11.6 Å².